The third-order valence-corrected chi connectivity index (χ3v) is 2.32. The summed E-state index contributed by atoms with van der Waals surface area (Å²) in [6, 6.07) is 2.28. The first-order valence-electron chi connectivity index (χ1n) is 4.10. The fourth-order valence-corrected chi connectivity index (χ4v) is 1.69. The van der Waals surface area contributed by atoms with Crippen LogP contribution in [0.3, 0.4) is 0 Å². The van der Waals surface area contributed by atoms with E-state index < -0.39 is 16.4 Å². The number of hydrogen-bond donors (Lipinski definition) is 0. The molecular formula is C9H6FNO3. The predicted octanol–water partition coefficient (Wildman–Crippen LogP) is 1.86. The van der Waals surface area contributed by atoms with Crippen LogP contribution in [0, 0.1) is 15.9 Å². The van der Waals surface area contributed by atoms with Crippen molar-refractivity contribution in [2.45, 2.75) is 12.8 Å². The number of carbonyl (C=O) groups is 1. The van der Waals surface area contributed by atoms with E-state index in [1.807, 2.05) is 0 Å². The zero-order valence-electron chi connectivity index (χ0n) is 7.12. The number of halogens is 1. The molecule has 1 aromatic rings. The molecule has 4 nitrogen and oxygen atoms in total. The van der Waals surface area contributed by atoms with E-state index in [9.17, 15) is 19.3 Å². The average molecular weight is 195 g/mol. The van der Waals surface area contributed by atoms with Gasteiger partial charge in [-0.15, -0.1) is 0 Å². The molecule has 2 rings (SSSR count). The van der Waals surface area contributed by atoms with Crippen LogP contribution in [0.1, 0.15) is 22.3 Å². The standard InChI is InChI=1S/C9H6FNO3/c10-7-3-1-5-6(2-4-8(5)12)9(7)11(13)14/h1,3H,2,4H2. The second kappa shape index (κ2) is 2.87. The number of rotatable bonds is 1. The van der Waals surface area contributed by atoms with E-state index in [4.69, 9.17) is 0 Å². The van der Waals surface area contributed by atoms with E-state index in [2.05, 4.69) is 0 Å². The van der Waals surface area contributed by atoms with E-state index in [1.54, 1.807) is 0 Å². The number of nitrogens with zero attached hydrogens (tertiary/aromatic N) is 1. The Balaban J connectivity index is 2.71. The van der Waals surface area contributed by atoms with Gasteiger partial charge in [-0.1, -0.05) is 0 Å². The molecule has 1 aromatic carbocycles. The van der Waals surface area contributed by atoms with Crippen molar-refractivity contribution in [2.24, 2.45) is 0 Å². The topological polar surface area (TPSA) is 60.2 Å². The molecule has 0 fully saturated rings. The van der Waals surface area contributed by atoms with Gasteiger partial charge in [-0.2, -0.15) is 4.39 Å². The monoisotopic (exact) mass is 195 g/mol. The molecule has 0 unspecified atom stereocenters. The van der Waals surface area contributed by atoms with Crippen LogP contribution in [-0.2, 0) is 6.42 Å². The molecule has 5 heteroatoms. The van der Waals surface area contributed by atoms with Gasteiger partial charge >= 0.3 is 5.69 Å². The quantitative estimate of drug-likeness (QED) is 0.507. The Morgan fingerprint density at radius 3 is 2.71 bits per heavy atom. The first-order valence-corrected chi connectivity index (χ1v) is 4.10. The summed E-state index contributed by atoms with van der Waals surface area (Å²) in [5.41, 5.74) is -0.0218. The lowest BCUT2D eigenvalue weighted by molar-refractivity contribution is -0.388. The molecule has 0 heterocycles. The SMILES string of the molecule is O=C1CCc2c1ccc(F)c2[N+](=O)[O-]. The molecule has 72 valence electrons. The molecule has 0 saturated carbocycles. The summed E-state index contributed by atoms with van der Waals surface area (Å²) in [4.78, 5) is 21.0. The molecule has 0 aromatic heterocycles. The van der Waals surface area contributed by atoms with E-state index in [-0.39, 0.29) is 29.8 Å². The van der Waals surface area contributed by atoms with Gasteiger partial charge in [0.15, 0.2) is 5.78 Å². The largest absolute Gasteiger partial charge is 0.308 e. The lowest BCUT2D eigenvalue weighted by atomic mass is 10.1. The number of fused-ring (bicyclic) bond motifs is 1. The maximum Gasteiger partial charge on any atom is 0.308 e. The fraction of sp³-hybridized carbons (Fsp3) is 0.222. The van der Waals surface area contributed by atoms with E-state index in [0.29, 0.717) is 0 Å². The van der Waals surface area contributed by atoms with Gasteiger partial charge in [0, 0.05) is 17.5 Å². The normalized spacial score (nSPS) is 14.2. The van der Waals surface area contributed by atoms with Crippen molar-refractivity contribution in [2.75, 3.05) is 0 Å². The summed E-state index contributed by atoms with van der Waals surface area (Å²) in [7, 11) is 0. The van der Waals surface area contributed by atoms with Crippen molar-refractivity contribution in [3.8, 4) is 0 Å². The Labute approximate surface area is 78.5 Å². The summed E-state index contributed by atoms with van der Waals surface area (Å²) in [6.45, 7) is 0. The number of ketones is 1. The van der Waals surface area contributed by atoms with Gasteiger partial charge in [-0.25, -0.2) is 0 Å². The van der Waals surface area contributed by atoms with Gasteiger partial charge < -0.3 is 0 Å². The van der Waals surface area contributed by atoms with Crippen molar-refractivity contribution >= 4 is 11.5 Å². The highest BCUT2D eigenvalue weighted by Gasteiger charge is 2.30. The first kappa shape index (κ1) is 8.80. The minimum Gasteiger partial charge on any atom is -0.294 e. The number of carbonyl (C=O) groups excluding carboxylic acids is 1. The maximum atomic E-state index is 13.1. The van der Waals surface area contributed by atoms with Crippen molar-refractivity contribution in [1.29, 1.82) is 0 Å². The zero-order chi connectivity index (χ0) is 10.3. The average Bonchev–Trinajstić information content (AvgIpc) is 2.47. The third kappa shape index (κ3) is 1.09. The van der Waals surface area contributed by atoms with Gasteiger partial charge in [-0.3, -0.25) is 14.9 Å². The highest BCUT2D eigenvalue weighted by molar-refractivity contribution is 6.01. The molecule has 0 N–H and O–H groups in total. The Kier molecular flexibility index (Phi) is 1.80. The van der Waals surface area contributed by atoms with Crippen LogP contribution in [0.15, 0.2) is 12.1 Å². The van der Waals surface area contributed by atoms with Gasteiger partial charge in [-0.05, 0) is 18.6 Å². The Morgan fingerprint density at radius 2 is 2.07 bits per heavy atom. The highest BCUT2D eigenvalue weighted by atomic mass is 19.1. The van der Waals surface area contributed by atoms with Crippen LogP contribution in [0.2, 0.25) is 0 Å². The molecule has 0 atom stereocenters. The van der Waals surface area contributed by atoms with E-state index in [1.165, 1.54) is 6.07 Å². The van der Waals surface area contributed by atoms with Crippen LogP contribution in [0.4, 0.5) is 10.1 Å². The van der Waals surface area contributed by atoms with Gasteiger partial charge in [0.25, 0.3) is 0 Å². The molecular weight excluding hydrogens is 189 g/mol. The highest BCUT2D eigenvalue weighted by Crippen LogP contribution is 2.32. The van der Waals surface area contributed by atoms with E-state index >= 15 is 0 Å². The predicted molar refractivity (Wildman–Crippen MR) is 45.7 cm³/mol. The zero-order valence-corrected chi connectivity index (χ0v) is 7.12. The number of benzene rings is 1. The van der Waals surface area contributed by atoms with Crippen LogP contribution in [0.25, 0.3) is 0 Å². The molecule has 0 saturated heterocycles. The minimum atomic E-state index is -0.872. The van der Waals surface area contributed by atoms with Crippen molar-refractivity contribution < 1.29 is 14.1 Å². The summed E-state index contributed by atoms with van der Waals surface area (Å²) < 4.78 is 13.1. The molecule has 1 aliphatic rings. The van der Waals surface area contributed by atoms with Crippen LogP contribution >= 0.6 is 0 Å². The number of nitro benzene ring substituents is 1. The Hall–Kier alpha value is -1.78. The van der Waals surface area contributed by atoms with E-state index in [0.717, 1.165) is 6.07 Å². The third-order valence-electron chi connectivity index (χ3n) is 2.32. The summed E-state index contributed by atoms with van der Waals surface area (Å²) in [6.07, 6.45) is 0.502. The second-order valence-corrected chi connectivity index (χ2v) is 3.10. The van der Waals surface area contributed by atoms with Crippen LogP contribution < -0.4 is 0 Å². The summed E-state index contributed by atoms with van der Waals surface area (Å²) in [5.74, 6) is -1.02. The number of hydrogen-bond acceptors (Lipinski definition) is 3. The van der Waals surface area contributed by atoms with Crippen LogP contribution in [-0.4, -0.2) is 10.7 Å². The van der Waals surface area contributed by atoms with Crippen molar-refractivity contribution in [1.82, 2.24) is 0 Å². The van der Waals surface area contributed by atoms with Crippen molar-refractivity contribution in [3.63, 3.8) is 0 Å². The smallest absolute Gasteiger partial charge is 0.294 e. The van der Waals surface area contributed by atoms with Gasteiger partial charge in [0.2, 0.25) is 5.82 Å². The number of Topliss-reactive ketones (excluding diaryl/α,β-unsaturated/α-hetero) is 1. The maximum absolute atomic E-state index is 13.1. The Bertz CT molecular complexity index is 442. The Morgan fingerprint density at radius 1 is 1.36 bits per heavy atom. The second-order valence-electron chi connectivity index (χ2n) is 3.10. The fourth-order valence-electron chi connectivity index (χ4n) is 1.69. The first-order chi connectivity index (χ1) is 6.61. The molecule has 1 aliphatic carbocycles. The van der Waals surface area contributed by atoms with Crippen LogP contribution in [0.5, 0.6) is 0 Å². The van der Waals surface area contributed by atoms with Gasteiger partial charge in [0.05, 0.1) is 4.92 Å². The molecule has 0 aliphatic heterocycles. The van der Waals surface area contributed by atoms with Crippen molar-refractivity contribution in [3.05, 3.63) is 39.2 Å². The van der Waals surface area contributed by atoms with Gasteiger partial charge in [0.1, 0.15) is 0 Å². The molecule has 0 bridgehead atoms. The molecule has 0 radical (unpaired) electrons. The minimum absolute atomic E-state index is 0.150. The summed E-state index contributed by atoms with van der Waals surface area (Å²) in [5, 5.41) is 10.5. The molecule has 14 heavy (non-hydrogen) atoms. The lowest BCUT2D eigenvalue weighted by Crippen LogP contribution is -1.99. The number of nitro groups is 1. The molecule has 0 amide bonds. The lowest BCUT2D eigenvalue weighted by Gasteiger charge is -1.99. The molecule has 0 spiro atoms. The summed E-state index contributed by atoms with van der Waals surface area (Å²) >= 11 is 0.